The van der Waals surface area contributed by atoms with Gasteiger partial charge in [-0.2, -0.15) is 5.10 Å². The fraction of sp³-hybridized carbons (Fsp3) is 0.300. The topological polar surface area (TPSA) is 43.2 Å². The highest BCUT2D eigenvalue weighted by molar-refractivity contribution is 5.31. The van der Waals surface area contributed by atoms with Crippen LogP contribution in [0.5, 0.6) is 5.75 Å². The van der Waals surface area contributed by atoms with Crippen molar-refractivity contribution in [3.05, 3.63) is 72.6 Å². The minimum atomic E-state index is -0.238. The molecule has 0 N–H and O–H groups in total. The largest absolute Gasteiger partial charge is 0.490 e. The van der Waals surface area contributed by atoms with Gasteiger partial charge in [0.05, 0.1) is 11.9 Å². The zero-order valence-electron chi connectivity index (χ0n) is 14.5. The summed E-state index contributed by atoms with van der Waals surface area (Å²) in [5, 5.41) is 4.39. The van der Waals surface area contributed by atoms with Gasteiger partial charge in [-0.25, -0.2) is 9.07 Å². The number of hydrogen-bond donors (Lipinski definition) is 0. The molecule has 4 rings (SSSR count). The predicted molar refractivity (Wildman–Crippen MR) is 96.7 cm³/mol. The van der Waals surface area contributed by atoms with Crippen LogP contribution in [0.1, 0.15) is 18.4 Å². The normalized spacial score (nSPS) is 15.9. The molecule has 3 aromatic rings. The van der Waals surface area contributed by atoms with Crippen LogP contribution in [0, 0.1) is 5.82 Å². The highest BCUT2D eigenvalue weighted by atomic mass is 19.1. The average Bonchev–Trinajstić information content (AvgIpc) is 3.13. The van der Waals surface area contributed by atoms with Crippen molar-refractivity contribution in [3.63, 3.8) is 0 Å². The van der Waals surface area contributed by atoms with Crippen LogP contribution in [-0.4, -0.2) is 38.9 Å². The predicted octanol–water partition coefficient (Wildman–Crippen LogP) is 3.45. The summed E-state index contributed by atoms with van der Waals surface area (Å²) >= 11 is 0. The van der Waals surface area contributed by atoms with Crippen molar-refractivity contribution in [1.82, 2.24) is 19.7 Å². The van der Waals surface area contributed by atoms with Crippen molar-refractivity contribution >= 4 is 0 Å². The average molecular weight is 352 g/mol. The second kappa shape index (κ2) is 7.66. The van der Waals surface area contributed by atoms with Gasteiger partial charge in [0.1, 0.15) is 17.7 Å². The third kappa shape index (κ3) is 4.08. The van der Waals surface area contributed by atoms with Crippen LogP contribution in [0.25, 0.3) is 5.69 Å². The third-order valence-electron chi connectivity index (χ3n) is 4.62. The molecule has 0 aliphatic carbocycles. The summed E-state index contributed by atoms with van der Waals surface area (Å²) in [6, 6.07) is 10.2. The van der Waals surface area contributed by atoms with E-state index in [1.807, 2.05) is 24.5 Å². The van der Waals surface area contributed by atoms with E-state index in [0.29, 0.717) is 0 Å². The van der Waals surface area contributed by atoms with E-state index >= 15 is 0 Å². The zero-order chi connectivity index (χ0) is 17.8. The van der Waals surface area contributed by atoms with Crippen molar-refractivity contribution in [2.75, 3.05) is 13.1 Å². The number of pyridine rings is 1. The lowest BCUT2D eigenvalue weighted by Crippen LogP contribution is -2.37. The van der Waals surface area contributed by atoms with Crippen LogP contribution in [0.15, 0.2) is 61.2 Å². The molecule has 0 spiro atoms. The maximum Gasteiger partial charge on any atom is 0.123 e. The van der Waals surface area contributed by atoms with Crippen LogP contribution in [0.2, 0.25) is 0 Å². The SMILES string of the molecule is Fc1ccc(-n2cc(CN3CCC(Oc4ccncc4)CC3)cn2)cc1. The van der Waals surface area contributed by atoms with Crippen molar-refractivity contribution < 1.29 is 9.13 Å². The molecule has 1 fully saturated rings. The van der Waals surface area contributed by atoms with E-state index in [1.165, 1.54) is 12.1 Å². The second-order valence-corrected chi connectivity index (χ2v) is 6.55. The number of benzene rings is 1. The first-order valence-electron chi connectivity index (χ1n) is 8.85. The molecular formula is C20H21FN4O. The first kappa shape index (κ1) is 16.7. The molecule has 2 aromatic heterocycles. The molecule has 1 saturated heterocycles. The molecule has 0 amide bonds. The van der Waals surface area contributed by atoms with E-state index in [4.69, 9.17) is 4.74 Å². The molecule has 0 bridgehead atoms. The Kier molecular flexibility index (Phi) is 4.93. The summed E-state index contributed by atoms with van der Waals surface area (Å²) in [7, 11) is 0. The highest BCUT2D eigenvalue weighted by Crippen LogP contribution is 2.20. The number of likely N-dealkylation sites (tertiary alicyclic amines) is 1. The smallest absolute Gasteiger partial charge is 0.123 e. The zero-order valence-corrected chi connectivity index (χ0v) is 14.5. The number of rotatable bonds is 5. The minimum Gasteiger partial charge on any atom is -0.490 e. The maximum absolute atomic E-state index is 13.0. The number of nitrogens with zero attached hydrogens (tertiary/aromatic N) is 4. The van der Waals surface area contributed by atoms with Crippen molar-refractivity contribution in [3.8, 4) is 11.4 Å². The number of hydrogen-bond acceptors (Lipinski definition) is 4. The lowest BCUT2D eigenvalue weighted by Gasteiger charge is -2.31. The molecule has 134 valence electrons. The Hall–Kier alpha value is -2.73. The first-order chi connectivity index (χ1) is 12.8. The molecular weight excluding hydrogens is 331 g/mol. The Balaban J connectivity index is 1.30. The summed E-state index contributed by atoms with van der Waals surface area (Å²) in [4.78, 5) is 6.43. The van der Waals surface area contributed by atoms with Gasteiger partial charge >= 0.3 is 0 Å². The van der Waals surface area contributed by atoms with E-state index in [9.17, 15) is 4.39 Å². The standard InChI is InChI=1S/C20H21FN4O/c21-17-1-3-18(4-2-17)25-15-16(13-23-25)14-24-11-7-20(8-12-24)26-19-5-9-22-10-6-19/h1-6,9-10,13,15,20H,7-8,11-12,14H2. The molecule has 0 unspecified atom stereocenters. The molecule has 26 heavy (non-hydrogen) atoms. The van der Waals surface area contributed by atoms with Crippen LogP contribution in [0.4, 0.5) is 4.39 Å². The summed E-state index contributed by atoms with van der Waals surface area (Å²) in [6.07, 6.45) is 9.67. The number of aromatic nitrogens is 3. The molecule has 6 heteroatoms. The highest BCUT2D eigenvalue weighted by Gasteiger charge is 2.21. The van der Waals surface area contributed by atoms with Crippen LogP contribution in [-0.2, 0) is 6.54 Å². The Labute approximate surface area is 152 Å². The fourth-order valence-corrected chi connectivity index (χ4v) is 3.23. The van der Waals surface area contributed by atoms with Gasteiger partial charge < -0.3 is 4.74 Å². The summed E-state index contributed by atoms with van der Waals surface area (Å²) < 4.78 is 20.8. The van der Waals surface area contributed by atoms with Gasteiger partial charge in [0, 0.05) is 43.8 Å². The number of ether oxygens (including phenoxy) is 1. The third-order valence-corrected chi connectivity index (χ3v) is 4.62. The molecule has 1 aliphatic rings. The van der Waals surface area contributed by atoms with E-state index in [-0.39, 0.29) is 11.9 Å². The van der Waals surface area contributed by atoms with E-state index < -0.39 is 0 Å². The Morgan fingerprint density at radius 2 is 1.77 bits per heavy atom. The molecule has 1 aliphatic heterocycles. The lowest BCUT2D eigenvalue weighted by molar-refractivity contribution is 0.0967. The number of halogens is 1. The van der Waals surface area contributed by atoms with Gasteiger partial charge in [-0.1, -0.05) is 0 Å². The van der Waals surface area contributed by atoms with Crippen LogP contribution in [0.3, 0.4) is 0 Å². The Morgan fingerprint density at radius 1 is 1.04 bits per heavy atom. The first-order valence-corrected chi connectivity index (χ1v) is 8.85. The van der Waals surface area contributed by atoms with Gasteiger partial charge in [0.15, 0.2) is 0 Å². The summed E-state index contributed by atoms with van der Waals surface area (Å²) in [5.74, 6) is 0.650. The van der Waals surface area contributed by atoms with Crippen molar-refractivity contribution in [2.45, 2.75) is 25.5 Å². The second-order valence-electron chi connectivity index (χ2n) is 6.55. The monoisotopic (exact) mass is 352 g/mol. The van der Waals surface area contributed by atoms with E-state index in [1.54, 1.807) is 29.2 Å². The molecule has 0 radical (unpaired) electrons. The number of piperidine rings is 1. The van der Waals surface area contributed by atoms with Crippen molar-refractivity contribution in [2.24, 2.45) is 0 Å². The quantitative estimate of drug-likeness (QED) is 0.705. The van der Waals surface area contributed by atoms with Gasteiger partial charge in [-0.3, -0.25) is 9.88 Å². The molecule has 3 heterocycles. The van der Waals surface area contributed by atoms with Gasteiger partial charge in [0.2, 0.25) is 0 Å². The summed E-state index contributed by atoms with van der Waals surface area (Å²) in [5.41, 5.74) is 2.02. The van der Waals surface area contributed by atoms with E-state index in [0.717, 1.165) is 49.5 Å². The van der Waals surface area contributed by atoms with Crippen LogP contribution >= 0.6 is 0 Å². The van der Waals surface area contributed by atoms with E-state index in [2.05, 4.69) is 15.0 Å². The molecule has 1 aromatic carbocycles. The lowest BCUT2D eigenvalue weighted by atomic mass is 10.1. The molecule has 0 atom stereocenters. The van der Waals surface area contributed by atoms with Gasteiger partial charge in [-0.15, -0.1) is 0 Å². The van der Waals surface area contributed by atoms with Crippen LogP contribution < -0.4 is 4.74 Å². The minimum absolute atomic E-state index is 0.238. The Bertz CT molecular complexity index is 827. The van der Waals surface area contributed by atoms with Crippen molar-refractivity contribution in [1.29, 1.82) is 0 Å². The molecule has 5 nitrogen and oxygen atoms in total. The van der Waals surface area contributed by atoms with Gasteiger partial charge in [-0.05, 0) is 49.2 Å². The fourth-order valence-electron chi connectivity index (χ4n) is 3.23. The Morgan fingerprint density at radius 3 is 2.50 bits per heavy atom. The molecule has 0 saturated carbocycles. The maximum atomic E-state index is 13.0. The van der Waals surface area contributed by atoms with Gasteiger partial charge in [0.25, 0.3) is 0 Å². The summed E-state index contributed by atoms with van der Waals surface area (Å²) in [6.45, 7) is 2.86.